The molecule has 0 aliphatic heterocycles. The van der Waals surface area contributed by atoms with Gasteiger partial charge in [0.2, 0.25) is 0 Å². The predicted molar refractivity (Wildman–Crippen MR) is 57.0 cm³/mol. The number of rotatable bonds is 2. The molecular formula is C12H15NO2. The number of pyridine rings is 1. The molecule has 15 heavy (non-hydrogen) atoms. The lowest BCUT2D eigenvalue weighted by atomic mass is 9.85. The lowest BCUT2D eigenvalue weighted by molar-refractivity contribution is -0.120. The van der Waals surface area contributed by atoms with Gasteiger partial charge in [0.1, 0.15) is 11.5 Å². The van der Waals surface area contributed by atoms with Gasteiger partial charge >= 0.3 is 0 Å². The Bertz CT molecular complexity index is 352. The molecule has 1 aromatic heterocycles. The molecule has 3 nitrogen and oxygen atoms in total. The lowest BCUT2D eigenvalue weighted by Crippen LogP contribution is -2.14. The maximum atomic E-state index is 11.1. The van der Waals surface area contributed by atoms with E-state index in [9.17, 15) is 4.79 Å². The van der Waals surface area contributed by atoms with Crippen molar-refractivity contribution >= 4 is 5.78 Å². The molecule has 0 aromatic carbocycles. The fraction of sp³-hybridized carbons (Fsp3) is 0.500. The molecule has 1 fully saturated rings. The van der Waals surface area contributed by atoms with Crippen molar-refractivity contribution in [3.05, 3.63) is 24.0 Å². The van der Waals surface area contributed by atoms with Crippen LogP contribution in [0.1, 0.15) is 37.3 Å². The molecule has 1 aliphatic carbocycles. The van der Waals surface area contributed by atoms with Crippen molar-refractivity contribution in [1.29, 1.82) is 0 Å². The summed E-state index contributed by atoms with van der Waals surface area (Å²) in [5, 5.41) is 0. The Kier molecular flexibility index (Phi) is 2.99. The van der Waals surface area contributed by atoms with E-state index in [1.807, 2.05) is 12.1 Å². The summed E-state index contributed by atoms with van der Waals surface area (Å²) in [6, 6.07) is 3.80. The number of carbonyl (C=O) groups excluding carboxylic acids is 1. The van der Waals surface area contributed by atoms with Crippen molar-refractivity contribution in [2.45, 2.75) is 31.6 Å². The lowest BCUT2D eigenvalue weighted by Gasteiger charge is -2.21. The minimum Gasteiger partial charge on any atom is -0.495 e. The Morgan fingerprint density at radius 2 is 2.13 bits per heavy atom. The van der Waals surface area contributed by atoms with Crippen LogP contribution >= 0.6 is 0 Å². The summed E-state index contributed by atoms with van der Waals surface area (Å²) < 4.78 is 5.28. The van der Waals surface area contributed by atoms with Crippen LogP contribution in [0.3, 0.4) is 0 Å². The van der Waals surface area contributed by atoms with E-state index in [4.69, 9.17) is 4.74 Å². The summed E-state index contributed by atoms with van der Waals surface area (Å²) in [7, 11) is 1.66. The summed E-state index contributed by atoms with van der Waals surface area (Å²) in [5.74, 6) is 1.61. The first kappa shape index (κ1) is 10.1. The summed E-state index contributed by atoms with van der Waals surface area (Å²) in [5.41, 5.74) is 1.01. The number of hydrogen-bond donors (Lipinski definition) is 0. The third kappa shape index (κ3) is 2.17. The van der Waals surface area contributed by atoms with E-state index >= 15 is 0 Å². The second-order valence-electron chi connectivity index (χ2n) is 3.90. The number of hydrogen-bond acceptors (Lipinski definition) is 3. The molecule has 3 heteroatoms. The number of ether oxygens (including phenoxy) is 1. The first-order chi connectivity index (χ1) is 7.31. The number of carbonyl (C=O) groups is 1. The third-order valence-electron chi connectivity index (χ3n) is 2.95. The summed E-state index contributed by atoms with van der Waals surface area (Å²) in [6.07, 6.45) is 4.97. The van der Waals surface area contributed by atoms with E-state index in [0.29, 0.717) is 24.5 Å². The van der Waals surface area contributed by atoms with Crippen LogP contribution in [0.5, 0.6) is 5.75 Å². The highest BCUT2D eigenvalue weighted by molar-refractivity contribution is 5.79. The minimum absolute atomic E-state index is 0.376. The molecule has 1 aromatic rings. The van der Waals surface area contributed by atoms with Crippen molar-refractivity contribution in [2.24, 2.45) is 0 Å². The van der Waals surface area contributed by atoms with Gasteiger partial charge in [-0.1, -0.05) is 0 Å². The average Bonchev–Trinajstić information content (AvgIpc) is 2.30. The van der Waals surface area contributed by atoms with Crippen LogP contribution in [0, 0.1) is 0 Å². The Labute approximate surface area is 89.5 Å². The number of aromatic nitrogens is 1. The topological polar surface area (TPSA) is 39.2 Å². The Morgan fingerprint density at radius 3 is 2.80 bits per heavy atom. The van der Waals surface area contributed by atoms with Gasteiger partial charge in [-0.3, -0.25) is 9.78 Å². The zero-order valence-electron chi connectivity index (χ0n) is 8.90. The van der Waals surface area contributed by atoms with Gasteiger partial charge in [-0.15, -0.1) is 0 Å². The average molecular weight is 205 g/mol. The smallest absolute Gasteiger partial charge is 0.140 e. The van der Waals surface area contributed by atoms with Gasteiger partial charge in [0, 0.05) is 25.0 Å². The fourth-order valence-electron chi connectivity index (χ4n) is 2.10. The van der Waals surface area contributed by atoms with Gasteiger partial charge in [0.25, 0.3) is 0 Å². The Balaban J connectivity index is 2.18. The third-order valence-corrected chi connectivity index (χ3v) is 2.95. The van der Waals surface area contributed by atoms with Gasteiger partial charge in [-0.25, -0.2) is 0 Å². The van der Waals surface area contributed by atoms with Crippen LogP contribution in [0.4, 0.5) is 0 Å². The van der Waals surface area contributed by atoms with E-state index in [-0.39, 0.29) is 0 Å². The zero-order chi connectivity index (χ0) is 10.7. The van der Waals surface area contributed by atoms with Crippen molar-refractivity contribution < 1.29 is 9.53 Å². The van der Waals surface area contributed by atoms with Gasteiger partial charge in [-0.05, 0) is 25.0 Å². The van der Waals surface area contributed by atoms with Crippen molar-refractivity contribution in [3.63, 3.8) is 0 Å². The van der Waals surface area contributed by atoms with Gasteiger partial charge in [0.15, 0.2) is 0 Å². The van der Waals surface area contributed by atoms with Crippen LogP contribution in [-0.2, 0) is 4.79 Å². The zero-order valence-corrected chi connectivity index (χ0v) is 8.90. The molecule has 1 heterocycles. The van der Waals surface area contributed by atoms with Crippen LogP contribution < -0.4 is 4.74 Å². The predicted octanol–water partition coefficient (Wildman–Crippen LogP) is 2.32. The van der Waals surface area contributed by atoms with E-state index in [2.05, 4.69) is 4.98 Å². The Hall–Kier alpha value is -1.38. The summed E-state index contributed by atoms with van der Waals surface area (Å²) in [6.45, 7) is 0. The summed E-state index contributed by atoms with van der Waals surface area (Å²) in [4.78, 5) is 15.5. The van der Waals surface area contributed by atoms with Crippen LogP contribution in [-0.4, -0.2) is 17.9 Å². The van der Waals surface area contributed by atoms with Gasteiger partial charge in [0.05, 0.1) is 12.8 Å². The molecule has 0 radical (unpaired) electrons. The maximum absolute atomic E-state index is 11.1. The van der Waals surface area contributed by atoms with Crippen molar-refractivity contribution in [2.75, 3.05) is 7.11 Å². The number of Topliss-reactive ketones (excluding diaryl/α,β-unsaturated/α-hetero) is 1. The van der Waals surface area contributed by atoms with Crippen molar-refractivity contribution in [3.8, 4) is 5.75 Å². The first-order valence-electron chi connectivity index (χ1n) is 5.32. The largest absolute Gasteiger partial charge is 0.495 e. The molecule has 0 spiro atoms. The molecule has 0 bridgehead atoms. The molecule has 0 N–H and O–H groups in total. The number of nitrogens with zero attached hydrogens (tertiary/aromatic N) is 1. The molecule has 1 aliphatic rings. The molecule has 0 saturated heterocycles. The normalized spacial score (nSPS) is 17.8. The minimum atomic E-state index is 0.376. The molecule has 2 rings (SSSR count). The fourth-order valence-corrected chi connectivity index (χ4v) is 2.10. The SMILES string of the molecule is COc1cccnc1C1CCC(=O)CC1. The molecule has 80 valence electrons. The van der Waals surface area contributed by atoms with E-state index < -0.39 is 0 Å². The molecule has 0 unspecified atom stereocenters. The Morgan fingerprint density at radius 1 is 1.40 bits per heavy atom. The number of ketones is 1. The number of methoxy groups -OCH3 is 1. The highest BCUT2D eigenvalue weighted by Gasteiger charge is 2.23. The molecule has 0 atom stereocenters. The highest BCUT2D eigenvalue weighted by Crippen LogP contribution is 2.34. The second-order valence-corrected chi connectivity index (χ2v) is 3.90. The van der Waals surface area contributed by atoms with Crippen LogP contribution in [0.2, 0.25) is 0 Å². The summed E-state index contributed by atoms with van der Waals surface area (Å²) >= 11 is 0. The van der Waals surface area contributed by atoms with Gasteiger partial charge in [-0.2, -0.15) is 0 Å². The van der Waals surface area contributed by atoms with E-state index in [0.717, 1.165) is 24.3 Å². The molecule has 0 amide bonds. The first-order valence-corrected chi connectivity index (χ1v) is 5.32. The monoisotopic (exact) mass is 205 g/mol. The quantitative estimate of drug-likeness (QED) is 0.743. The van der Waals surface area contributed by atoms with Crippen LogP contribution in [0.15, 0.2) is 18.3 Å². The van der Waals surface area contributed by atoms with Crippen LogP contribution in [0.25, 0.3) is 0 Å². The highest BCUT2D eigenvalue weighted by atomic mass is 16.5. The molecule has 1 saturated carbocycles. The maximum Gasteiger partial charge on any atom is 0.140 e. The van der Waals surface area contributed by atoms with E-state index in [1.165, 1.54) is 0 Å². The standard InChI is InChI=1S/C12H15NO2/c1-15-11-3-2-8-13-12(11)9-4-6-10(14)7-5-9/h2-3,8-9H,4-7H2,1H3. The van der Waals surface area contributed by atoms with Crippen molar-refractivity contribution in [1.82, 2.24) is 4.98 Å². The second kappa shape index (κ2) is 4.43. The molecular weight excluding hydrogens is 190 g/mol. The van der Waals surface area contributed by atoms with Gasteiger partial charge < -0.3 is 4.74 Å². The van der Waals surface area contributed by atoms with E-state index in [1.54, 1.807) is 13.3 Å².